The minimum atomic E-state index is -0.276. The van der Waals surface area contributed by atoms with E-state index in [1.54, 1.807) is 36.4 Å². The number of allylic oxidation sites excluding steroid dienone is 4. The topological polar surface area (TPSA) is 68.5 Å². The van der Waals surface area contributed by atoms with Gasteiger partial charge in [-0.3, -0.25) is 9.59 Å². The highest BCUT2D eigenvalue weighted by Gasteiger charge is 2.17. The molecule has 5 heteroatoms. The lowest BCUT2D eigenvalue weighted by Crippen LogP contribution is -2.13. The Morgan fingerprint density at radius 1 is 1.17 bits per heavy atom. The third-order valence-corrected chi connectivity index (χ3v) is 4.39. The molecule has 1 amide bonds. The quantitative estimate of drug-likeness (QED) is 0.571. The molecule has 0 unspecified atom stereocenters. The predicted molar refractivity (Wildman–Crippen MR) is 117 cm³/mol. The van der Waals surface area contributed by atoms with E-state index in [-0.39, 0.29) is 11.3 Å². The zero-order valence-corrected chi connectivity index (χ0v) is 16.7. The lowest BCUT2D eigenvalue weighted by atomic mass is 10.1. The van der Waals surface area contributed by atoms with Gasteiger partial charge in [0.25, 0.3) is 5.91 Å². The summed E-state index contributed by atoms with van der Waals surface area (Å²) in [6.07, 6.45) is 6.56. The lowest BCUT2D eigenvalue weighted by molar-refractivity contribution is 0.102. The summed E-state index contributed by atoms with van der Waals surface area (Å²) in [5.41, 5.74) is 1.89. The van der Waals surface area contributed by atoms with E-state index in [4.69, 9.17) is 9.15 Å². The molecule has 0 atom stereocenters. The molecule has 0 bridgehead atoms. The van der Waals surface area contributed by atoms with Gasteiger partial charge in [0.05, 0.1) is 18.2 Å². The Kier molecular flexibility index (Phi) is 6.29. The van der Waals surface area contributed by atoms with Crippen LogP contribution in [0.4, 0.5) is 5.69 Å². The SMILES string of the molecule is C/C=C\C(=C/CC)c1cc(=O)c2ccc(NC(=O)c3ccccc3)c(OC)c2o1. The number of hydrogen-bond donors (Lipinski definition) is 1. The summed E-state index contributed by atoms with van der Waals surface area (Å²) >= 11 is 0. The first-order chi connectivity index (χ1) is 14.1. The molecule has 0 aliphatic carbocycles. The summed E-state index contributed by atoms with van der Waals surface area (Å²) in [6, 6.07) is 13.6. The van der Waals surface area contributed by atoms with Gasteiger partial charge in [0.1, 0.15) is 5.76 Å². The van der Waals surface area contributed by atoms with Crippen molar-refractivity contribution in [3.63, 3.8) is 0 Å². The standard InChI is InChI=1S/C24H23NO4/c1-4-9-16(10-5-2)21-15-20(26)18-13-14-19(23(28-3)22(18)29-21)25-24(27)17-11-7-6-8-12-17/h4,6-15H,5H2,1-3H3,(H,25,27)/b9-4-,16-10+. The van der Waals surface area contributed by atoms with Crippen LogP contribution in [0.25, 0.3) is 16.5 Å². The zero-order valence-electron chi connectivity index (χ0n) is 16.7. The molecule has 0 aliphatic rings. The monoisotopic (exact) mass is 389 g/mol. The van der Waals surface area contributed by atoms with Crippen molar-refractivity contribution in [1.82, 2.24) is 0 Å². The Morgan fingerprint density at radius 2 is 1.93 bits per heavy atom. The van der Waals surface area contributed by atoms with E-state index >= 15 is 0 Å². The molecule has 1 aromatic heterocycles. The third-order valence-electron chi connectivity index (χ3n) is 4.39. The fourth-order valence-electron chi connectivity index (χ4n) is 3.07. The molecule has 2 aromatic carbocycles. The molecule has 0 spiro atoms. The van der Waals surface area contributed by atoms with Gasteiger partial charge in [-0.15, -0.1) is 0 Å². The predicted octanol–water partition coefficient (Wildman–Crippen LogP) is 5.42. The van der Waals surface area contributed by atoms with E-state index in [2.05, 4.69) is 5.32 Å². The van der Waals surface area contributed by atoms with Crippen molar-refractivity contribution >= 4 is 28.1 Å². The molecular weight excluding hydrogens is 366 g/mol. The van der Waals surface area contributed by atoms with Crippen LogP contribution in [0.3, 0.4) is 0 Å². The summed E-state index contributed by atoms with van der Waals surface area (Å²) in [6.45, 7) is 3.92. The van der Waals surface area contributed by atoms with Crippen LogP contribution in [-0.2, 0) is 0 Å². The van der Waals surface area contributed by atoms with E-state index in [0.717, 1.165) is 12.0 Å². The Morgan fingerprint density at radius 3 is 2.59 bits per heavy atom. The average Bonchev–Trinajstić information content (AvgIpc) is 2.74. The Balaban J connectivity index is 2.13. The number of carbonyl (C=O) groups is 1. The minimum absolute atomic E-state index is 0.174. The maximum Gasteiger partial charge on any atom is 0.255 e. The normalized spacial score (nSPS) is 11.8. The number of nitrogens with one attached hydrogen (secondary N) is 1. The van der Waals surface area contributed by atoms with E-state index in [9.17, 15) is 9.59 Å². The molecule has 0 aliphatic heterocycles. The highest BCUT2D eigenvalue weighted by Crippen LogP contribution is 2.34. The number of anilines is 1. The summed E-state index contributed by atoms with van der Waals surface area (Å²) in [5, 5.41) is 3.22. The molecule has 5 nitrogen and oxygen atoms in total. The van der Waals surface area contributed by atoms with Gasteiger partial charge in [-0.25, -0.2) is 0 Å². The first-order valence-corrected chi connectivity index (χ1v) is 9.43. The number of carbonyl (C=O) groups excluding carboxylic acids is 1. The van der Waals surface area contributed by atoms with E-state index in [0.29, 0.717) is 33.7 Å². The second kappa shape index (κ2) is 9.06. The largest absolute Gasteiger partial charge is 0.491 e. The second-order valence-corrected chi connectivity index (χ2v) is 6.39. The summed E-state index contributed by atoms with van der Waals surface area (Å²) < 4.78 is 11.6. The van der Waals surface area contributed by atoms with Crippen LogP contribution in [0.2, 0.25) is 0 Å². The molecule has 1 N–H and O–H groups in total. The van der Waals surface area contributed by atoms with Crippen molar-refractivity contribution in [2.24, 2.45) is 0 Å². The van der Waals surface area contributed by atoms with Gasteiger partial charge in [0, 0.05) is 17.2 Å². The van der Waals surface area contributed by atoms with Gasteiger partial charge >= 0.3 is 0 Å². The van der Waals surface area contributed by atoms with E-state index in [1.807, 2.05) is 38.1 Å². The van der Waals surface area contributed by atoms with Crippen molar-refractivity contribution < 1.29 is 13.9 Å². The van der Waals surface area contributed by atoms with Crippen LogP contribution < -0.4 is 15.5 Å². The molecular formula is C24H23NO4. The van der Waals surface area contributed by atoms with Gasteiger partial charge in [0.2, 0.25) is 0 Å². The molecule has 148 valence electrons. The minimum Gasteiger partial charge on any atom is -0.491 e. The van der Waals surface area contributed by atoms with Crippen LogP contribution in [0.15, 0.2) is 76.0 Å². The number of hydrogen-bond acceptors (Lipinski definition) is 4. The number of fused-ring (bicyclic) bond motifs is 1. The van der Waals surface area contributed by atoms with Crippen molar-refractivity contribution in [1.29, 1.82) is 0 Å². The molecule has 3 rings (SSSR count). The van der Waals surface area contributed by atoms with Crippen molar-refractivity contribution in [3.8, 4) is 5.75 Å². The fourth-order valence-corrected chi connectivity index (χ4v) is 3.07. The molecule has 0 saturated heterocycles. The smallest absolute Gasteiger partial charge is 0.255 e. The summed E-state index contributed by atoms with van der Waals surface area (Å²) in [7, 11) is 1.48. The highest BCUT2D eigenvalue weighted by molar-refractivity contribution is 6.06. The number of ether oxygens (including phenoxy) is 1. The van der Waals surface area contributed by atoms with Gasteiger partial charge in [0.15, 0.2) is 16.8 Å². The summed E-state index contributed by atoms with van der Waals surface area (Å²) in [5.74, 6) is 0.483. The van der Waals surface area contributed by atoms with E-state index in [1.165, 1.54) is 13.2 Å². The number of rotatable bonds is 6. The molecule has 3 aromatic rings. The maximum absolute atomic E-state index is 12.7. The Bertz CT molecular complexity index is 1140. The Labute approximate surface area is 169 Å². The second-order valence-electron chi connectivity index (χ2n) is 6.39. The van der Waals surface area contributed by atoms with Crippen LogP contribution in [0.1, 0.15) is 36.4 Å². The zero-order chi connectivity index (χ0) is 20.8. The molecule has 29 heavy (non-hydrogen) atoms. The Hall–Kier alpha value is -3.60. The number of amides is 1. The van der Waals surface area contributed by atoms with Gasteiger partial charge < -0.3 is 14.5 Å². The van der Waals surface area contributed by atoms with Crippen LogP contribution >= 0.6 is 0 Å². The molecule has 1 heterocycles. The lowest BCUT2D eigenvalue weighted by Gasteiger charge is -2.13. The van der Waals surface area contributed by atoms with Gasteiger partial charge in [-0.1, -0.05) is 43.4 Å². The highest BCUT2D eigenvalue weighted by atomic mass is 16.5. The van der Waals surface area contributed by atoms with Crippen molar-refractivity contribution in [2.75, 3.05) is 12.4 Å². The van der Waals surface area contributed by atoms with Gasteiger partial charge in [-0.2, -0.15) is 0 Å². The van der Waals surface area contributed by atoms with Crippen molar-refractivity contribution in [2.45, 2.75) is 20.3 Å². The average molecular weight is 389 g/mol. The van der Waals surface area contributed by atoms with Gasteiger partial charge in [-0.05, 0) is 37.6 Å². The van der Waals surface area contributed by atoms with Crippen molar-refractivity contribution in [3.05, 3.63) is 88.3 Å². The number of benzene rings is 2. The first-order valence-electron chi connectivity index (χ1n) is 9.43. The van der Waals surface area contributed by atoms with Crippen LogP contribution in [0.5, 0.6) is 5.75 Å². The molecule has 0 radical (unpaired) electrons. The first kappa shape index (κ1) is 20.1. The number of methoxy groups -OCH3 is 1. The van der Waals surface area contributed by atoms with Crippen LogP contribution in [-0.4, -0.2) is 13.0 Å². The van der Waals surface area contributed by atoms with Crippen LogP contribution in [0, 0.1) is 0 Å². The maximum atomic E-state index is 12.7. The fraction of sp³-hybridized carbons (Fsp3) is 0.167. The molecule has 0 saturated carbocycles. The summed E-state index contributed by atoms with van der Waals surface area (Å²) in [4.78, 5) is 25.2. The third kappa shape index (κ3) is 4.29. The van der Waals surface area contributed by atoms with E-state index < -0.39 is 0 Å². The molecule has 0 fully saturated rings.